The molecule has 3 nitrogen and oxygen atoms in total. The number of nitriles is 1. The van der Waals surface area contributed by atoms with Crippen LogP contribution in [0.2, 0.25) is 0 Å². The number of azo groups is 1. The SMILES string of the molecule is CC(C)/N=N/C1(C#N)CCCCC1. The lowest BCUT2D eigenvalue weighted by Crippen LogP contribution is -2.27. The number of hydrogen-bond donors (Lipinski definition) is 0. The van der Waals surface area contributed by atoms with Gasteiger partial charge in [0.15, 0.2) is 5.54 Å². The fourth-order valence-electron chi connectivity index (χ4n) is 1.60. The van der Waals surface area contributed by atoms with E-state index in [1.165, 1.54) is 6.42 Å². The lowest BCUT2D eigenvalue weighted by atomic mass is 9.84. The summed E-state index contributed by atoms with van der Waals surface area (Å²) in [5, 5.41) is 17.3. The largest absolute Gasteiger partial charge is 0.196 e. The molecule has 1 rings (SSSR count). The summed E-state index contributed by atoms with van der Waals surface area (Å²) in [5.41, 5.74) is -0.484. The van der Waals surface area contributed by atoms with E-state index in [4.69, 9.17) is 5.26 Å². The maximum Gasteiger partial charge on any atom is 0.167 e. The predicted molar refractivity (Wildman–Crippen MR) is 51.4 cm³/mol. The lowest BCUT2D eigenvalue weighted by Gasteiger charge is -2.25. The molecule has 0 radical (unpaired) electrons. The molecule has 0 N–H and O–H groups in total. The first-order chi connectivity index (χ1) is 6.18. The Balaban J connectivity index is 2.64. The van der Waals surface area contributed by atoms with Gasteiger partial charge >= 0.3 is 0 Å². The van der Waals surface area contributed by atoms with Crippen LogP contribution in [0.1, 0.15) is 46.0 Å². The highest BCUT2D eigenvalue weighted by Gasteiger charge is 2.31. The van der Waals surface area contributed by atoms with Crippen LogP contribution in [0.4, 0.5) is 0 Å². The Kier molecular flexibility index (Phi) is 3.41. The Bertz CT molecular complexity index is 219. The molecular weight excluding hydrogens is 162 g/mol. The zero-order chi connectivity index (χ0) is 9.73. The van der Waals surface area contributed by atoms with Gasteiger partial charge in [-0.1, -0.05) is 6.42 Å². The van der Waals surface area contributed by atoms with Crippen LogP contribution in [-0.4, -0.2) is 11.6 Å². The first-order valence-electron chi connectivity index (χ1n) is 5.02. The van der Waals surface area contributed by atoms with Gasteiger partial charge in [-0.2, -0.15) is 15.5 Å². The second-order valence-electron chi connectivity index (χ2n) is 4.01. The Morgan fingerprint density at radius 1 is 1.23 bits per heavy atom. The molecule has 72 valence electrons. The fraction of sp³-hybridized carbons (Fsp3) is 0.900. The molecule has 0 saturated heterocycles. The van der Waals surface area contributed by atoms with E-state index in [0.29, 0.717) is 0 Å². The van der Waals surface area contributed by atoms with E-state index in [-0.39, 0.29) is 6.04 Å². The lowest BCUT2D eigenvalue weighted by molar-refractivity contribution is 0.351. The van der Waals surface area contributed by atoms with Crippen LogP contribution in [0.5, 0.6) is 0 Å². The molecule has 0 heterocycles. The van der Waals surface area contributed by atoms with Gasteiger partial charge in [0.25, 0.3) is 0 Å². The Morgan fingerprint density at radius 2 is 1.85 bits per heavy atom. The molecule has 0 bridgehead atoms. The summed E-state index contributed by atoms with van der Waals surface area (Å²) in [6.45, 7) is 3.97. The molecule has 0 aliphatic heterocycles. The third-order valence-corrected chi connectivity index (χ3v) is 2.37. The summed E-state index contributed by atoms with van der Waals surface area (Å²) in [4.78, 5) is 0. The van der Waals surface area contributed by atoms with Gasteiger partial charge in [-0.25, -0.2) is 0 Å². The van der Waals surface area contributed by atoms with Crippen molar-refractivity contribution in [2.75, 3.05) is 0 Å². The van der Waals surface area contributed by atoms with E-state index in [1.54, 1.807) is 0 Å². The predicted octanol–water partition coefficient (Wildman–Crippen LogP) is 3.07. The van der Waals surface area contributed by atoms with E-state index < -0.39 is 5.54 Å². The van der Waals surface area contributed by atoms with Crippen molar-refractivity contribution in [1.29, 1.82) is 5.26 Å². The van der Waals surface area contributed by atoms with Crippen LogP contribution in [-0.2, 0) is 0 Å². The van der Waals surface area contributed by atoms with Crippen LogP contribution in [0.15, 0.2) is 10.2 Å². The van der Waals surface area contributed by atoms with Crippen molar-refractivity contribution < 1.29 is 0 Å². The van der Waals surface area contributed by atoms with E-state index in [1.807, 2.05) is 13.8 Å². The highest BCUT2D eigenvalue weighted by molar-refractivity contribution is 5.07. The minimum absolute atomic E-state index is 0.201. The van der Waals surface area contributed by atoms with Gasteiger partial charge in [0.05, 0.1) is 12.1 Å². The second-order valence-corrected chi connectivity index (χ2v) is 4.01. The third kappa shape index (κ3) is 2.80. The minimum Gasteiger partial charge on any atom is -0.196 e. The van der Waals surface area contributed by atoms with E-state index in [9.17, 15) is 0 Å². The maximum atomic E-state index is 9.05. The highest BCUT2D eigenvalue weighted by atomic mass is 15.2. The average Bonchev–Trinajstić information content (AvgIpc) is 2.16. The van der Waals surface area contributed by atoms with Crippen LogP contribution in [0.25, 0.3) is 0 Å². The number of rotatable bonds is 2. The van der Waals surface area contributed by atoms with Gasteiger partial charge in [0, 0.05) is 0 Å². The molecule has 1 fully saturated rings. The van der Waals surface area contributed by atoms with E-state index in [0.717, 1.165) is 25.7 Å². The van der Waals surface area contributed by atoms with Crippen molar-refractivity contribution in [3.05, 3.63) is 0 Å². The monoisotopic (exact) mass is 179 g/mol. The molecule has 1 aliphatic carbocycles. The molecule has 0 aromatic carbocycles. The molecule has 0 spiro atoms. The minimum atomic E-state index is -0.484. The molecule has 1 saturated carbocycles. The summed E-state index contributed by atoms with van der Waals surface area (Å²) in [6.07, 6.45) is 5.25. The highest BCUT2D eigenvalue weighted by Crippen LogP contribution is 2.31. The molecule has 0 unspecified atom stereocenters. The van der Waals surface area contributed by atoms with E-state index >= 15 is 0 Å². The standard InChI is InChI=1S/C10H17N3/c1-9(2)12-13-10(8-11)6-4-3-5-7-10/h9H,3-7H2,1-2H3/b13-12+. The summed E-state index contributed by atoms with van der Waals surface area (Å²) >= 11 is 0. The molecular formula is C10H17N3. The maximum absolute atomic E-state index is 9.05. The molecule has 0 aromatic heterocycles. The van der Waals surface area contributed by atoms with Gasteiger partial charge in [-0.05, 0) is 39.5 Å². The number of nitrogens with zero attached hydrogens (tertiary/aromatic N) is 3. The van der Waals surface area contributed by atoms with Crippen molar-refractivity contribution in [3.63, 3.8) is 0 Å². The van der Waals surface area contributed by atoms with Crippen molar-refractivity contribution in [1.82, 2.24) is 0 Å². The zero-order valence-electron chi connectivity index (χ0n) is 8.45. The summed E-state index contributed by atoms with van der Waals surface area (Å²) < 4.78 is 0. The van der Waals surface area contributed by atoms with Crippen molar-refractivity contribution in [3.8, 4) is 6.07 Å². The topological polar surface area (TPSA) is 48.5 Å². The quantitative estimate of drug-likeness (QED) is 0.601. The average molecular weight is 179 g/mol. The molecule has 1 aliphatic rings. The molecule has 0 aromatic rings. The van der Waals surface area contributed by atoms with E-state index in [2.05, 4.69) is 16.3 Å². The van der Waals surface area contributed by atoms with Crippen LogP contribution in [0, 0.1) is 11.3 Å². The first kappa shape index (κ1) is 10.2. The van der Waals surface area contributed by atoms with Gasteiger partial charge < -0.3 is 0 Å². The smallest absolute Gasteiger partial charge is 0.167 e. The van der Waals surface area contributed by atoms with Crippen LogP contribution < -0.4 is 0 Å². The molecule has 13 heavy (non-hydrogen) atoms. The van der Waals surface area contributed by atoms with Gasteiger partial charge in [-0.3, -0.25) is 0 Å². The van der Waals surface area contributed by atoms with Crippen molar-refractivity contribution >= 4 is 0 Å². The number of hydrogen-bond acceptors (Lipinski definition) is 3. The first-order valence-corrected chi connectivity index (χ1v) is 5.02. The Labute approximate surface area is 79.9 Å². The molecule has 0 amide bonds. The van der Waals surface area contributed by atoms with Crippen molar-refractivity contribution in [2.24, 2.45) is 10.2 Å². The Hall–Kier alpha value is -0.910. The fourth-order valence-corrected chi connectivity index (χ4v) is 1.60. The molecule has 3 heteroatoms. The summed E-state index contributed by atoms with van der Waals surface area (Å²) in [7, 11) is 0. The zero-order valence-corrected chi connectivity index (χ0v) is 8.45. The molecule has 0 atom stereocenters. The second kappa shape index (κ2) is 4.36. The normalized spacial score (nSPS) is 22.0. The van der Waals surface area contributed by atoms with Gasteiger partial charge in [-0.15, -0.1) is 0 Å². The summed E-state index contributed by atoms with van der Waals surface area (Å²) in [6, 6.07) is 2.51. The van der Waals surface area contributed by atoms with Gasteiger partial charge in [0.2, 0.25) is 0 Å². The van der Waals surface area contributed by atoms with Crippen LogP contribution >= 0.6 is 0 Å². The Morgan fingerprint density at radius 3 is 2.31 bits per heavy atom. The van der Waals surface area contributed by atoms with Crippen molar-refractivity contribution in [2.45, 2.75) is 57.5 Å². The van der Waals surface area contributed by atoms with Crippen LogP contribution in [0.3, 0.4) is 0 Å². The third-order valence-electron chi connectivity index (χ3n) is 2.37. The van der Waals surface area contributed by atoms with Gasteiger partial charge in [0.1, 0.15) is 0 Å². The summed E-state index contributed by atoms with van der Waals surface area (Å²) in [5.74, 6) is 0.